The minimum Gasteiger partial charge on any atom is -0.467 e. The average molecular weight is 278 g/mol. The fourth-order valence-corrected chi connectivity index (χ4v) is 2.42. The van der Waals surface area contributed by atoms with Gasteiger partial charge in [0.05, 0.1) is 18.8 Å². The smallest absolute Gasteiger partial charge is 0.242 e. The van der Waals surface area contributed by atoms with Gasteiger partial charge in [-0.05, 0) is 31.9 Å². The van der Waals surface area contributed by atoms with Crippen molar-refractivity contribution in [3.63, 3.8) is 0 Å². The molecule has 0 N–H and O–H groups in total. The Labute approximate surface area is 119 Å². The summed E-state index contributed by atoms with van der Waals surface area (Å²) in [4.78, 5) is 27.5. The van der Waals surface area contributed by atoms with E-state index in [0.717, 1.165) is 25.0 Å². The highest BCUT2D eigenvalue weighted by Crippen LogP contribution is 2.19. The van der Waals surface area contributed by atoms with Crippen molar-refractivity contribution in [3.05, 3.63) is 24.2 Å². The van der Waals surface area contributed by atoms with Crippen LogP contribution in [0, 0.1) is 0 Å². The van der Waals surface area contributed by atoms with Crippen molar-refractivity contribution in [2.75, 3.05) is 20.1 Å². The lowest BCUT2D eigenvalue weighted by molar-refractivity contribution is -0.140. The van der Waals surface area contributed by atoms with Crippen molar-refractivity contribution < 1.29 is 14.0 Å². The predicted molar refractivity (Wildman–Crippen MR) is 74.9 cm³/mol. The van der Waals surface area contributed by atoms with Gasteiger partial charge < -0.3 is 14.2 Å². The summed E-state index contributed by atoms with van der Waals surface area (Å²) in [6, 6.07) is 3.54. The third kappa shape index (κ3) is 3.40. The molecule has 2 amide bonds. The fourth-order valence-electron chi connectivity index (χ4n) is 2.42. The van der Waals surface area contributed by atoms with Gasteiger partial charge in [0.15, 0.2) is 0 Å². The topological polar surface area (TPSA) is 53.8 Å². The second kappa shape index (κ2) is 6.59. The van der Waals surface area contributed by atoms with Crippen LogP contribution in [0.15, 0.2) is 22.8 Å². The maximum Gasteiger partial charge on any atom is 0.242 e. The molecule has 1 aliphatic heterocycles. The maximum absolute atomic E-state index is 12.3. The van der Waals surface area contributed by atoms with E-state index in [1.165, 1.54) is 0 Å². The van der Waals surface area contributed by atoms with E-state index in [1.54, 1.807) is 23.1 Å². The van der Waals surface area contributed by atoms with Crippen LogP contribution in [0.4, 0.5) is 0 Å². The van der Waals surface area contributed by atoms with E-state index in [0.29, 0.717) is 13.0 Å². The van der Waals surface area contributed by atoms with Crippen molar-refractivity contribution in [1.82, 2.24) is 9.80 Å². The van der Waals surface area contributed by atoms with Crippen molar-refractivity contribution in [1.29, 1.82) is 0 Å². The zero-order valence-electron chi connectivity index (χ0n) is 12.2. The van der Waals surface area contributed by atoms with Gasteiger partial charge in [-0.3, -0.25) is 9.59 Å². The highest BCUT2D eigenvalue weighted by atomic mass is 16.3. The Morgan fingerprint density at radius 3 is 2.95 bits per heavy atom. The summed E-state index contributed by atoms with van der Waals surface area (Å²) in [5.74, 6) is 0.794. The quantitative estimate of drug-likeness (QED) is 0.848. The molecule has 110 valence electrons. The average Bonchev–Trinajstić information content (AvgIpc) is 2.90. The van der Waals surface area contributed by atoms with Crippen molar-refractivity contribution in [2.45, 2.75) is 38.6 Å². The lowest BCUT2D eigenvalue weighted by Crippen LogP contribution is -2.42. The van der Waals surface area contributed by atoms with Crippen LogP contribution in [0.5, 0.6) is 0 Å². The van der Waals surface area contributed by atoms with Gasteiger partial charge in [0.2, 0.25) is 11.8 Å². The number of likely N-dealkylation sites (tertiary alicyclic amines) is 1. The van der Waals surface area contributed by atoms with Gasteiger partial charge in [-0.2, -0.15) is 0 Å². The molecule has 0 aromatic carbocycles. The second-order valence-corrected chi connectivity index (χ2v) is 5.32. The van der Waals surface area contributed by atoms with Crippen molar-refractivity contribution >= 4 is 11.8 Å². The van der Waals surface area contributed by atoms with Gasteiger partial charge in [0.1, 0.15) is 5.76 Å². The van der Waals surface area contributed by atoms with E-state index >= 15 is 0 Å². The molecular weight excluding hydrogens is 256 g/mol. The summed E-state index contributed by atoms with van der Waals surface area (Å²) in [6.07, 6.45) is 5.14. The molecule has 20 heavy (non-hydrogen) atoms. The zero-order valence-corrected chi connectivity index (χ0v) is 12.2. The highest BCUT2D eigenvalue weighted by Gasteiger charge is 2.24. The molecule has 1 aromatic rings. The highest BCUT2D eigenvalue weighted by molar-refractivity contribution is 5.85. The number of hydrogen-bond donors (Lipinski definition) is 0. The van der Waals surface area contributed by atoms with E-state index < -0.39 is 0 Å². The summed E-state index contributed by atoms with van der Waals surface area (Å²) in [7, 11) is 1.75. The number of likely N-dealkylation sites (N-methyl/N-ethyl adjacent to an activating group) is 1. The standard InChI is InChI=1S/C15H22N2O3/c1-12(13-7-6-10-20-13)16(2)15(19)11-17-9-5-3-4-8-14(17)18/h6-7,10,12H,3-5,8-9,11H2,1-2H3. The van der Waals surface area contributed by atoms with E-state index in [-0.39, 0.29) is 24.4 Å². The second-order valence-electron chi connectivity index (χ2n) is 5.32. The zero-order chi connectivity index (χ0) is 14.5. The minimum atomic E-state index is -0.125. The van der Waals surface area contributed by atoms with Crippen LogP contribution in [-0.4, -0.2) is 41.8 Å². The van der Waals surface area contributed by atoms with Crippen LogP contribution in [0.2, 0.25) is 0 Å². The van der Waals surface area contributed by atoms with Crippen LogP contribution in [0.3, 0.4) is 0 Å². The van der Waals surface area contributed by atoms with E-state index in [2.05, 4.69) is 0 Å². The first-order valence-corrected chi connectivity index (χ1v) is 7.16. The molecule has 1 aliphatic rings. The maximum atomic E-state index is 12.3. The van der Waals surface area contributed by atoms with E-state index in [1.807, 2.05) is 19.1 Å². The fraction of sp³-hybridized carbons (Fsp3) is 0.600. The van der Waals surface area contributed by atoms with Gasteiger partial charge in [-0.15, -0.1) is 0 Å². The van der Waals surface area contributed by atoms with Crippen LogP contribution in [-0.2, 0) is 9.59 Å². The number of carbonyl (C=O) groups excluding carboxylic acids is 2. The van der Waals surface area contributed by atoms with Crippen LogP contribution >= 0.6 is 0 Å². The molecule has 2 rings (SSSR count). The predicted octanol–water partition coefficient (Wildman–Crippen LogP) is 2.20. The number of carbonyl (C=O) groups is 2. The molecule has 0 bridgehead atoms. The molecule has 0 spiro atoms. The molecule has 1 saturated heterocycles. The van der Waals surface area contributed by atoms with Gasteiger partial charge in [-0.1, -0.05) is 6.42 Å². The monoisotopic (exact) mass is 278 g/mol. The van der Waals surface area contributed by atoms with Gasteiger partial charge >= 0.3 is 0 Å². The molecule has 0 radical (unpaired) electrons. The molecule has 1 aromatic heterocycles. The Balaban J connectivity index is 1.94. The molecule has 1 fully saturated rings. The Hall–Kier alpha value is -1.78. The number of amides is 2. The third-order valence-electron chi connectivity index (χ3n) is 3.93. The van der Waals surface area contributed by atoms with E-state index in [9.17, 15) is 9.59 Å². The van der Waals surface area contributed by atoms with Crippen molar-refractivity contribution in [2.24, 2.45) is 0 Å². The Kier molecular flexibility index (Phi) is 4.82. The van der Waals surface area contributed by atoms with Gasteiger partial charge in [0, 0.05) is 20.0 Å². The molecule has 1 atom stereocenters. The summed E-state index contributed by atoms with van der Waals surface area (Å²) in [5, 5.41) is 0. The summed E-state index contributed by atoms with van der Waals surface area (Å²) in [5.41, 5.74) is 0. The lowest BCUT2D eigenvalue weighted by atomic mass is 10.2. The molecular formula is C15H22N2O3. The van der Waals surface area contributed by atoms with Gasteiger partial charge in [-0.25, -0.2) is 0 Å². The lowest BCUT2D eigenvalue weighted by Gasteiger charge is -2.27. The SMILES string of the molecule is CC(c1ccco1)N(C)C(=O)CN1CCCCCC1=O. The van der Waals surface area contributed by atoms with Crippen molar-refractivity contribution in [3.8, 4) is 0 Å². The summed E-state index contributed by atoms with van der Waals surface area (Å²) >= 11 is 0. The van der Waals surface area contributed by atoms with E-state index in [4.69, 9.17) is 4.42 Å². The molecule has 0 aliphatic carbocycles. The summed E-state index contributed by atoms with van der Waals surface area (Å²) < 4.78 is 5.32. The third-order valence-corrected chi connectivity index (χ3v) is 3.93. The minimum absolute atomic E-state index is 0.0517. The Bertz CT molecular complexity index is 456. The van der Waals surface area contributed by atoms with Crippen LogP contribution in [0.25, 0.3) is 0 Å². The van der Waals surface area contributed by atoms with Crippen LogP contribution in [0.1, 0.15) is 44.4 Å². The van der Waals surface area contributed by atoms with Crippen LogP contribution < -0.4 is 0 Å². The number of furan rings is 1. The number of nitrogens with zero attached hydrogens (tertiary/aromatic N) is 2. The molecule has 5 nitrogen and oxygen atoms in total. The molecule has 2 heterocycles. The molecule has 1 unspecified atom stereocenters. The largest absolute Gasteiger partial charge is 0.467 e. The normalized spacial score (nSPS) is 17.7. The molecule has 0 saturated carbocycles. The Morgan fingerprint density at radius 1 is 1.45 bits per heavy atom. The Morgan fingerprint density at radius 2 is 2.25 bits per heavy atom. The number of hydrogen-bond acceptors (Lipinski definition) is 3. The first-order valence-electron chi connectivity index (χ1n) is 7.16. The molecule has 5 heteroatoms. The summed E-state index contributed by atoms with van der Waals surface area (Å²) in [6.45, 7) is 2.77. The van der Waals surface area contributed by atoms with Gasteiger partial charge in [0.25, 0.3) is 0 Å². The number of rotatable bonds is 4. The first-order chi connectivity index (χ1) is 9.59. The first kappa shape index (κ1) is 14.6.